The Morgan fingerprint density at radius 2 is 1.72 bits per heavy atom. The third-order valence-electron chi connectivity index (χ3n) is 3.76. The lowest BCUT2D eigenvalue weighted by Gasteiger charge is -2.23. The van der Waals surface area contributed by atoms with Crippen molar-refractivity contribution < 1.29 is 14.3 Å². The average Bonchev–Trinajstić information content (AvgIpc) is 2.61. The number of carbonyl (C=O) groups excluding carboxylic acids is 2. The van der Waals surface area contributed by atoms with Crippen LogP contribution in [0.3, 0.4) is 0 Å². The number of ether oxygens (including phenoxy) is 1. The maximum atomic E-state index is 12.5. The number of nitrogens with zero attached hydrogens (tertiary/aromatic N) is 1. The van der Waals surface area contributed by atoms with E-state index in [1.165, 1.54) is 4.90 Å². The summed E-state index contributed by atoms with van der Waals surface area (Å²) < 4.78 is 5.74. The summed E-state index contributed by atoms with van der Waals surface area (Å²) >= 11 is 0. The second-order valence-corrected chi connectivity index (χ2v) is 5.94. The lowest BCUT2D eigenvalue weighted by molar-refractivity contribution is -0.139. The van der Waals surface area contributed by atoms with E-state index in [2.05, 4.69) is 5.32 Å². The third-order valence-corrected chi connectivity index (χ3v) is 3.76. The van der Waals surface area contributed by atoms with Crippen LogP contribution in [0.4, 0.5) is 5.69 Å². The van der Waals surface area contributed by atoms with Crippen molar-refractivity contribution in [2.75, 3.05) is 18.9 Å². The highest BCUT2D eigenvalue weighted by atomic mass is 16.5. The van der Waals surface area contributed by atoms with Crippen molar-refractivity contribution in [1.29, 1.82) is 0 Å². The van der Waals surface area contributed by atoms with Crippen molar-refractivity contribution in [3.63, 3.8) is 0 Å². The Balaban J connectivity index is 1.91. The largest absolute Gasteiger partial charge is 0.481 e. The van der Waals surface area contributed by atoms with Crippen LogP contribution in [0.1, 0.15) is 18.9 Å². The molecule has 1 atom stereocenters. The first kappa shape index (κ1) is 18.5. The molecule has 0 aliphatic carbocycles. The first-order valence-electron chi connectivity index (χ1n) is 8.32. The summed E-state index contributed by atoms with van der Waals surface area (Å²) in [5, 5.41) is 2.79. The molecule has 0 radical (unpaired) electrons. The molecule has 2 aromatic carbocycles. The molecule has 2 amide bonds. The summed E-state index contributed by atoms with van der Waals surface area (Å²) in [6, 6.07) is 16.7. The van der Waals surface area contributed by atoms with Crippen molar-refractivity contribution in [2.45, 2.75) is 26.4 Å². The van der Waals surface area contributed by atoms with E-state index in [-0.39, 0.29) is 18.4 Å². The number of amides is 2. The molecule has 1 N–H and O–H groups in total. The zero-order chi connectivity index (χ0) is 18.2. The van der Waals surface area contributed by atoms with Crippen LogP contribution in [0.2, 0.25) is 0 Å². The van der Waals surface area contributed by atoms with Crippen LogP contribution in [0.25, 0.3) is 0 Å². The monoisotopic (exact) mass is 340 g/mol. The Morgan fingerprint density at radius 1 is 1.08 bits per heavy atom. The van der Waals surface area contributed by atoms with Crippen molar-refractivity contribution in [3.8, 4) is 5.75 Å². The number of rotatable bonds is 7. The minimum Gasteiger partial charge on any atom is -0.481 e. The van der Waals surface area contributed by atoms with Crippen molar-refractivity contribution in [2.24, 2.45) is 0 Å². The third kappa shape index (κ3) is 5.64. The zero-order valence-electron chi connectivity index (χ0n) is 14.9. The fraction of sp³-hybridized carbons (Fsp3) is 0.300. The zero-order valence-corrected chi connectivity index (χ0v) is 14.9. The first-order chi connectivity index (χ1) is 12.0. The van der Waals surface area contributed by atoms with E-state index < -0.39 is 6.10 Å². The Bertz CT molecular complexity index is 699. The molecular weight excluding hydrogens is 316 g/mol. The summed E-state index contributed by atoms with van der Waals surface area (Å²) in [4.78, 5) is 26.1. The molecule has 5 heteroatoms. The van der Waals surface area contributed by atoms with Crippen LogP contribution >= 0.6 is 0 Å². The molecule has 0 fully saturated rings. The standard InChI is InChI=1S/C20H24N2O3/c1-4-18(25-17-8-6-5-7-9-17)20(24)22(3)14-19(23)21-16-12-10-15(2)11-13-16/h5-13,18H,4,14H2,1-3H3,(H,21,23)/t18-/m1/s1. The van der Waals surface area contributed by atoms with Gasteiger partial charge in [-0.1, -0.05) is 42.8 Å². The van der Waals surface area contributed by atoms with E-state index in [4.69, 9.17) is 4.74 Å². The number of aryl methyl sites for hydroxylation is 1. The van der Waals surface area contributed by atoms with E-state index in [0.717, 1.165) is 5.56 Å². The number of nitrogens with one attached hydrogen (secondary N) is 1. The van der Waals surface area contributed by atoms with Crippen LogP contribution in [0.5, 0.6) is 5.75 Å². The second kappa shape index (κ2) is 8.87. The fourth-order valence-electron chi connectivity index (χ4n) is 2.35. The van der Waals surface area contributed by atoms with Gasteiger partial charge in [0.05, 0.1) is 6.54 Å². The summed E-state index contributed by atoms with van der Waals surface area (Å²) in [6.07, 6.45) is -0.0861. The minimum atomic E-state index is -0.612. The van der Waals surface area contributed by atoms with Gasteiger partial charge in [0.1, 0.15) is 5.75 Å². The lowest BCUT2D eigenvalue weighted by atomic mass is 10.2. The molecule has 2 rings (SSSR count). The Labute approximate surface area is 148 Å². The van der Waals surface area contributed by atoms with E-state index in [9.17, 15) is 9.59 Å². The highest BCUT2D eigenvalue weighted by Gasteiger charge is 2.23. The molecule has 25 heavy (non-hydrogen) atoms. The van der Waals surface area contributed by atoms with Gasteiger partial charge in [0.2, 0.25) is 5.91 Å². The number of hydrogen-bond donors (Lipinski definition) is 1. The number of likely N-dealkylation sites (N-methyl/N-ethyl adjacent to an activating group) is 1. The summed E-state index contributed by atoms with van der Waals surface area (Å²) in [6.45, 7) is 3.84. The average molecular weight is 340 g/mol. The van der Waals surface area contributed by atoms with Crippen LogP contribution < -0.4 is 10.1 Å². The highest BCUT2D eigenvalue weighted by Crippen LogP contribution is 2.14. The number of hydrogen-bond acceptors (Lipinski definition) is 3. The second-order valence-electron chi connectivity index (χ2n) is 5.94. The van der Waals surface area contributed by atoms with Crippen LogP contribution in [0, 0.1) is 6.92 Å². The summed E-state index contributed by atoms with van der Waals surface area (Å²) in [5.74, 6) is 0.180. The predicted molar refractivity (Wildman–Crippen MR) is 98.6 cm³/mol. The van der Waals surface area contributed by atoms with Gasteiger partial charge >= 0.3 is 0 Å². The number of para-hydroxylation sites is 1. The van der Waals surface area contributed by atoms with E-state index in [0.29, 0.717) is 17.9 Å². The molecule has 0 spiro atoms. The maximum Gasteiger partial charge on any atom is 0.263 e. The SMILES string of the molecule is CC[C@@H](Oc1ccccc1)C(=O)N(C)CC(=O)Nc1ccc(C)cc1. The molecule has 132 valence electrons. The Hall–Kier alpha value is -2.82. The Morgan fingerprint density at radius 3 is 2.32 bits per heavy atom. The van der Waals surface area contributed by atoms with E-state index in [1.54, 1.807) is 19.2 Å². The molecule has 5 nitrogen and oxygen atoms in total. The predicted octanol–water partition coefficient (Wildman–Crippen LogP) is 3.25. The van der Waals surface area contributed by atoms with Crippen molar-refractivity contribution in [3.05, 3.63) is 60.2 Å². The van der Waals surface area contributed by atoms with E-state index in [1.807, 2.05) is 56.3 Å². The Kier molecular flexibility index (Phi) is 6.57. The van der Waals surface area contributed by atoms with Crippen molar-refractivity contribution >= 4 is 17.5 Å². The molecule has 0 aromatic heterocycles. The quantitative estimate of drug-likeness (QED) is 0.842. The van der Waals surface area contributed by atoms with Crippen LogP contribution in [-0.2, 0) is 9.59 Å². The van der Waals surface area contributed by atoms with Gasteiger partial charge in [0.25, 0.3) is 5.91 Å². The normalized spacial score (nSPS) is 11.5. The molecule has 0 aliphatic heterocycles. The topological polar surface area (TPSA) is 58.6 Å². The van der Waals surface area contributed by atoms with Gasteiger partial charge in [-0.05, 0) is 37.6 Å². The maximum absolute atomic E-state index is 12.5. The minimum absolute atomic E-state index is 0.0264. The molecular formula is C20H24N2O3. The fourth-order valence-corrected chi connectivity index (χ4v) is 2.35. The first-order valence-corrected chi connectivity index (χ1v) is 8.32. The molecule has 0 aliphatic rings. The number of anilines is 1. The number of carbonyl (C=O) groups is 2. The van der Waals surface area contributed by atoms with Gasteiger partial charge in [-0.25, -0.2) is 0 Å². The van der Waals surface area contributed by atoms with Gasteiger partial charge in [-0.2, -0.15) is 0 Å². The molecule has 0 saturated heterocycles. The smallest absolute Gasteiger partial charge is 0.263 e. The molecule has 0 saturated carbocycles. The van der Waals surface area contributed by atoms with Gasteiger partial charge in [0.15, 0.2) is 6.10 Å². The van der Waals surface area contributed by atoms with E-state index >= 15 is 0 Å². The van der Waals surface area contributed by atoms with Crippen LogP contribution in [0.15, 0.2) is 54.6 Å². The molecule has 0 unspecified atom stereocenters. The van der Waals surface area contributed by atoms with Crippen LogP contribution in [-0.4, -0.2) is 36.4 Å². The number of benzene rings is 2. The lowest BCUT2D eigenvalue weighted by Crippen LogP contribution is -2.43. The van der Waals surface area contributed by atoms with Gasteiger partial charge < -0.3 is 15.0 Å². The summed E-state index contributed by atoms with van der Waals surface area (Å²) in [5.41, 5.74) is 1.83. The van der Waals surface area contributed by atoms with Gasteiger partial charge in [0, 0.05) is 12.7 Å². The van der Waals surface area contributed by atoms with Gasteiger partial charge in [-0.3, -0.25) is 9.59 Å². The highest BCUT2D eigenvalue weighted by molar-refractivity contribution is 5.95. The molecule has 0 heterocycles. The van der Waals surface area contributed by atoms with Gasteiger partial charge in [-0.15, -0.1) is 0 Å². The summed E-state index contributed by atoms with van der Waals surface area (Å²) in [7, 11) is 1.61. The van der Waals surface area contributed by atoms with Crippen molar-refractivity contribution in [1.82, 2.24) is 4.90 Å². The molecule has 2 aromatic rings. The molecule has 0 bridgehead atoms.